The first kappa shape index (κ1) is 12.6. The zero-order valence-electron chi connectivity index (χ0n) is 7.74. The van der Waals surface area contributed by atoms with E-state index >= 15 is 0 Å². The summed E-state index contributed by atoms with van der Waals surface area (Å²) in [4.78, 5) is 12.6. The van der Waals surface area contributed by atoms with Gasteiger partial charge in [-0.3, -0.25) is 4.79 Å². The zero-order valence-corrected chi connectivity index (χ0v) is 7.74. The molecule has 1 aromatic rings. The van der Waals surface area contributed by atoms with E-state index in [1.165, 1.54) is 0 Å². The van der Waals surface area contributed by atoms with Crippen molar-refractivity contribution in [3.05, 3.63) is 33.2 Å². The smallest absolute Gasteiger partial charge is 0.328 e. The lowest BCUT2D eigenvalue weighted by molar-refractivity contribution is -0.138. The second-order valence-electron chi connectivity index (χ2n) is 2.93. The van der Waals surface area contributed by atoms with Crippen LogP contribution in [0.15, 0.2) is 11.0 Å². The molecule has 8 heteroatoms. The molecule has 0 spiro atoms. The molecule has 1 aromatic heterocycles. The SMILES string of the molecule is NCc1c(C(F)(F)F)c[nH]c(=O)c1C(F)F. The van der Waals surface area contributed by atoms with Crippen molar-refractivity contribution in [2.45, 2.75) is 19.1 Å². The number of aromatic nitrogens is 1. The Labute approximate surface area is 86.1 Å². The zero-order chi connectivity index (χ0) is 12.5. The van der Waals surface area contributed by atoms with Crippen LogP contribution in [0.2, 0.25) is 0 Å². The highest BCUT2D eigenvalue weighted by Crippen LogP contribution is 2.33. The van der Waals surface area contributed by atoms with Gasteiger partial charge in [-0.1, -0.05) is 0 Å². The highest BCUT2D eigenvalue weighted by atomic mass is 19.4. The Bertz CT molecular complexity index is 437. The molecule has 0 radical (unpaired) electrons. The van der Waals surface area contributed by atoms with E-state index in [4.69, 9.17) is 5.73 Å². The van der Waals surface area contributed by atoms with Crippen LogP contribution in [0.3, 0.4) is 0 Å². The van der Waals surface area contributed by atoms with Crippen LogP contribution in [0.5, 0.6) is 0 Å². The van der Waals surface area contributed by atoms with Crippen molar-refractivity contribution < 1.29 is 22.0 Å². The third-order valence-corrected chi connectivity index (χ3v) is 1.97. The van der Waals surface area contributed by atoms with Crippen LogP contribution in [0, 0.1) is 0 Å². The number of pyridine rings is 1. The molecule has 0 unspecified atom stereocenters. The van der Waals surface area contributed by atoms with E-state index in [0.29, 0.717) is 6.20 Å². The van der Waals surface area contributed by atoms with Crippen LogP contribution in [0.4, 0.5) is 22.0 Å². The van der Waals surface area contributed by atoms with Gasteiger partial charge in [0.15, 0.2) is 0 Å². The summed E-state index contributed by atoms with van der Waals surface area (Å²) in [6.07, 6.45) is -7.79. The quantitative estimate of drug-likeness (QED) is 0.777. The maximum Gasteiger partial charge on any atom is 0.418 e. The first-order chi connectivity index (χ1) is 7.29. The van der Waals surface area contributed by atoms with Gasteiger partial charge < -0.3 is 10.7 Å². The number of alkyl halides is 5. The fraction of sp³-hybridized carbons (Fsp3) is 0.375. The van der Waals surface area contributed by atoms with Crippen LogP contribution < -0.4 is 11.3 Å². The number of hydrogen-bond donors (Lipinski definition) is 2. The largest absolute Gasteiger partial charge is 0.418 e. The van der Waals surface area contributed by atoms with Gasteiger partial charge >= 0.3 is 6.18 Å². The fourth-order valence-corrected chi connectivity index (χ4v) is 1.29. The number of nitrogens with one attached hydrogen (secondary N) is 1. The van der Waals surface area contributed by atoms with E-state index in [1.54, 1.807) is 4.98 Å². The molecular weight excluding hydrogens is 235 g/mol. The molecular formula is C8H7F5N2O. The minimum atomic E-state index is -4.83. The number of nitrogens with two attached hydrogens (primary N) is 1. The molecule has 0 aliphatic rings. The third kappa shape index (κ3) is 2.21. The van der Waals surface area contributed by atoms with E-state index in [0.717, 1.165) is 0 Å². The topological polar surface area (TPSA) is 58.9 Å². The van der Waals surface area contributed by atoms with E-state index in [1.807, 2.05) is 0 Å². The predicted molar refractivity (Wildman–Crippen MR) is 44.9 cm³/mol. The Morgan fingerprint density at radius 1 is 1.38 bits per heavy atom. The second kappa shape index (κ2) is 4.20. The minimum absolute atomic E-state index is 0.344. The van der Waals surface area contributed by atoms with Crippen molar-refractivity contribution >= 4 is 0 Å². The second-order valence-corrected chi connectivity index (χ2v) is 2.93. The first-order valence-corrected chi connectivity index (χ1v) is 4.09. The maximum atomic E-state index is 12.4. The van der Waals surface area contributed by atoms with E-state index < -0.39 is 41.4 Å². The van der Waals surface area contributed by atoms with Crippen LogP contribution in [0.1, 0.15) is 23.1 Å². The Morgan fingerprint density at radius 3 is 2.31 bits per heavy atom. The van der Waals surface area contributed by atoms with Gasteiger partial charge in [0.2, 0.25) is 0 Å². The van der Waals surface area contributed by atoms with E-state index in [9.17, 15) is 26.7 Å². The van der Waals surface area contributed by atoms with Gasteiger partial charge in [0.05, 0.1) is 11.1 Å². The number of aromatic amines is 1. The number of H-pyrrole nitrogens is 1. The molecule has 90 valence electrons. The van der Waals surface area contributed by atoms with E-state index in [2.05, 4.69) is 0 Å². The lowest BCUT2D eigenvalue weighted by Gasteiger charge is -2.14. The molecule has 0 fully saturated rings. The van der Waals surface area contributed by atoms with Crippen molar-refractivity contribution in [1.82, 2.24) is 4.98 Å². The summed E-state index contributed by atoms with van der Waals surface area (Å²) in [5.41, 5.74) is 0.271. The normalized spacial score (nSPS) is 12.2. The Morgan fingerprint density at radius 2 is 1.94 bits per heavy atom. The number of halogens is 5. The van der Waals surface area contributed by atoms with Crippen molar-refractivity contribution in [3.63, 3.8) is 0 Å². The van der Waals surface area contributed by atoms with Gasteiger partial charge in [-0.05, 0) is 5.56 Å². The highest BCUT2D eigenvalue weighted by molar-refractivity contribution is 5.34. The van der Waals surface area contributed by atoms with Crippen molar-refractivity contribution in [1.29, 1.82) is 0 Å². The maximum absolute atomic E-state index is 12.4. The molecule has 0 amide bonds. The van der Waals surface area contributed by atoms with Gasteiger partial charge in [0.1, 0.15) is 0 Å². The summed E-state index contributed by atoms with van der Waals surface area (Å²) in [6, 6.07) is 0. The molecule has 0 aliphatic carbocycles. The number of rotatable bonds is 2. The number of hydrogen-bond acceptors (Lipinski definition) is 2. The Balaban J connectivity index is 3.56. The molecule has 1 heterocycles. The predicted octanol–water partition coefficient (Wildman–Crippen LogP) is 1.79. The molecule has 0 saturated heterocycles. The average molecular weight is 242 g/mol. The van der Waals surface area contributed by atoms with Crippen molar-refractivity contribution in [2.24, 2.45) is 5.73 Å². The Kier molecular flexibility index (Phi) is 3.32. The van der Waals surface area contributed by atoms with Crippen LogP contribution in [-0.2, 0) is 12.7 Å². The summed E-state index contributed by atoms with van der Waals surface area (Å²) in [6.45, 7) is -0.779. The lowest BCUT2D eigenvalue weighted by Crippen LogP contribution is -2.23. The molecule has 0 aromatic carbocycles. The minimum Gasteiger partial charge on any atom is -0.328 e. The molecule has 3 N–H and O–H groups in total. The van der Waals surface area contributed by atoms with Gasteiger partial charge in [-0.15, -0.1) is 0 Å². The molecule has 16 heavy (non-hydrogen) atoms. The standard InChI is InChI=1S/C8H7F5N2O/c9-6(10)5-3(1-14)4(8(11,12)13)2-15-7(5)16/h2,6H,1,14H2,(H,15,16). The molecule has 1 rings (SSSR count). The molecule has 0 atom stereocenters. The van der Waals surface area contributed by atoms with Gasteiger partial charge in [0, 0.05) is 12.7 Å². The van der Waals surface area contributed by atoms with Crippen molar-refractivity contribution in [2.75, 3.05) is 0 Å². The summed E-state index contributed by atoms with van der Waals surface area (Å²) >= 11 is 0. The molecule has 0 aliphatic heterocycles. The summed E-state index contributed by atoms with van der Waals surface area (Å²) < 4.78 is 62.0. The third-order valence-electron chi connectivity index (χ3n) is 1.97. The van der Waals surface area contributed by atoms with Crippen LogP contribution in [0.25, 0.3) is 0 Å². The molecule has 3 nitrogen and oxygen atoms in total. The Hall–Kier alpha value is -1.44. The van der Waals surface area contributed by atoms with Gasteiger partial charge in [-0.25, -0.2) is 8.78 Å². The fourth-order valence-electron chi connectivity index (χ4n) is 1.29. The highest BCUT2D eigenvalue weighted by Gasteiger charge is 2.36. The monoisotopic (exact) mass is 242 g/mol. The molecule has 0 saturated carbocycles. The summed E-state index contributed by atoms with van der Waals surface area (Å²) in [5.74, 6) is 0. The van der Waals surface area contributed by atoms with Crippen LogP contribution in [-0.4, -0.2) is 4.98 Å². The summed E-state index contributed by atoms with van der Waals surface area (Å²) in [5, 5.41) is 0. The van der Waals surface area contributed by atoms with Gasteiger partial charge in [-0.2, -0.15) is 13.2 Å². The van der Waals surface area contributed by atoms with Crippen molar-refractivity contribution in [3.8, 4) is 0 Å². The molecule has 0 bridgehead atoms. The first-order valence-electron chi connectivity index (χ1n) is 4.09. The average Bonchev–Trinajstić information content (AvgIpc) is 2.14. The van der Waals surface area contributed by atoms with E-state index in [-0.39, 0.29) is 0 Å². The lowest BCUT2D eigenvalue weighted by atomic mass is 10.0. The summed E-state index contributed by atoms with van der Waals surface area (Å²) in [7, 11) is 0. The van der Waals surface area contributed by atoms with Crippen LogP contribution >= 0.6 is 0 Å². The van der Waals surface area contributed by atoms with Gasteiger partial charge in [0.25, 0.3) is 12.0 Å².